The summed E-state index contributed by atoms with van der Waals surface area (Å²) in [6, 6.07) is 0.431. The summed E-state index contributed by atoms with van der Waals surface area (Å²) in [5.41, 5.74) is 0. The molecule has 2 heterocycles. The lowest BCUT2D eigenvalue weighted by Crippen LogP contribution is -2.64. The van der Waals surface area contributed by atoms with Gasteiger partial charge >= 0.3 is 0 Å². The first kappa shape index (κ1) is 15.7. The number of likely N-dealkylation sites (tertiary alicyclic amines) is 1. The Balaban J connectivity index is 1.87. The van der Waals surface area contributed by atoms with Crippen LogP contribution in [-0.4, -0.2) is 56.7 Å². The zero-order chi connectivity index (χ0) is 15.1. The number of ether oxygens (including phenoxy) is 3. The summed E-state index contributed by atoms with van der Waals surface area (Å²) in [4.78, 5) is 2.46. The van der Waals surface area contributed by atoms with Crippen molar-refractivity contribution in [3.05, 3.63) is 0 Å². The van der Waals surface area contributed by atoms with Gasteiger partial charge in [-0.3, -0.25) is 4.90 Å². The lowest BCUT2D eigenvalue weighted by atomic mass is 9.70. The van der Waals surface area contributed by atoms with Crippen LogP contribution in [0.4, 0.5) is 0 Å². The number of piperidine rings is 1. The summed E-state index contributed by atoms with van der Waals surface area (Å²) in [7, 11) is 5.95. The summed E-state index contributed by atoms with van der Waals surface area (Å²) in [5.74, 6) is 1.65. The molecule has 4 heteroatoms. The van der Waals surface area contributed by atoms with Gasteiger partial charge in [-0.25, -0.2) is 0 Å². The predicted molar refractivity (Wildman–Crippen MR) is 82.1 cm³/mol. The molecular formula is C17H31NO3. The van der Waals surface area contributed by atoms with E-state index in [0.29, 0.717) is 42.1 Å². The van der Waals surface area contributed by atoms with Gasteiger partial charge in [-0.05, 0) is 32.2 Å². The second-order valence-electron chi connectivity index (χ2n) is 7.43. The zero-order valence-electron chi connectivity index (χ0n) is 14.1. The first-order valence-electron chi connectivity index (χ1n) is 8.51. The first-order chi connectivity index (χ1) is 10.1. The van der Waals surface area contributed by atoms with Crippen LogP contribution in [0, 0.1) is 17.8 Å². The number of methoxy groups -OCH3 is 2. The summed E-state index contributed by atoms with van der Waals surface area (Å²) < 4.78 is 18.2. The van der Waals surface area contributed by atoms with Crippen LogP contribution in [-0.2, 0) is 14.2 Å². The molecule has 1 aliphatic carbocycles. The first-order valence-corrected chi connectivity index (χ1v) is 8.51. The third kappa shape index (κ3) is 2.54. The molecule has 3 rings (SSSR count). The quantitative estimate of drug-likeness (QED) is 0.801. The maximum Gasteiger partial charge on any atom is 0.116 e. The van der Waals surface area contributed by atoms with E-state index in [-0.39, 0.29) is 6.23 Å². The number of hydrogen-bond donors (Lipinski definition) is 0. The fourth-order valence-electron chi connectivity index (χ4n) is 5.03. The van der Waals surface area contributed by atoms with Gasteiger partial charge < -0.3 is 14.2 Å². The molecule has 2 aliphatic heterocycles. The lowest BCUT2D eigenvalue weighted by Gasteiger charge is -2.53. The summed E-state index contributed by atoms with van der Waals surface area (Å²) in [6.07, 6.45) is 5.98. The van der Waals surface area contributed by atoms with Crippen molar-refractivity contribution in [3.8, 4) is 0 Å². The van der Waals surface area contributed by atoms with E-state index in [0.717, 1.165) is 12.8 Å². The van der Waals surface area contributed by atoms with Crippen molar-refractivity contribution in [1.29, 1.82) is 0 Å². The Hall–Kier alpha value is -0.160. The predicted octanol–water partition coefficient (Wildman–Crippen LogP) is 2.52. The Labute approximate surface area is 129 Å². The van der Waals surface area contributed by atoms with Crippen molar-refractivity contribution < 1.29 is 14.2 Å². The molecule has 1 saturated carbocycles. The molecule has 4 nitrogen and oxygen atoms in total. The van der Waals surface area contributed by atoms with E-state index in [1.54, 1.807) is 0 Å². The van der Waals surface area contributed by atoms with E-state index in [1.165, 1.54) is 12.8 Å². The molecule has 0 aromatic heterocycles. The highest BCUT2D eigenvalue weighted by atomic mass is 16.5. The Bertz CT molecular complexity index is 362. The van der Waals surface area contributed by atoms with E-state index >= 15 is 0 Å². The Morgan fingerprint density at radius 3 is 2.48 bits per heavy atom. The van der Waals surface area contributed by atoms with Gasteiger partial charge in [0.05, 0.1) is 18.3 Å². The van der Waals surface area contributed by atoms with Gasteiger partial charge in [0.1, 0.15) is 6.23 Å². The van der Waals surface area contributed by atoms with Crippen molar-refractivity contribution in [2.45, 2.75) is 70.1 Å². The van der Waals surface area contributed by atoms with E-state index in [2.05, 4.69) is 25.8 Å². The topological polar surface area (TPSA) is 30.9 Å². The summed E-state index contributed by atoms with van der Waals surface area (Å²) >= 11 is 0. The SMILES string of the molecule is COC1CCCC2C(OC)C3C[C@H](C(C)C)OC3N(C)C12. The molecule has 3 fully saturated rings. The monoisotopic (exact) mass is 297 g/mol. The number of fused-ring (bicyclic) bond motifs is 2. The molecular weight excluding hydrogens is 266 g/mol. The second kappa shape index (κ2) is 6.15. The maximum atomic E-state index is 6.40. The van der Waals surface area contributed by atoms with Crippen molar-refractivity contribution in [2.24, 2.45) is 17.8 Å². The third-order valence-corrected chi connectivity index (χ3v) is 6.06. The van der Waals surface area contributed by atoms with Crippen LogP contribution < -0.4 is 0 Å². The number of rotatable bonds is 3. The Morgan fingerprint density at radius 2 is 1.86 bits per heavy atom. The summed E-state index contributed by atoms with van der Waals surface area (Å²) in [6.45, 7) is 4.52. The molecule has 0 N–H and O–H groups in total. The summed E-state index contributed by atoms with van der Waals surface area (Å²) in [5, 5.41) is 0. The van der Waals surface area contributed by atoms with Gasteiger partial charge in [-0.2, -0.15) is 0 Å². The van der Waals surface area contributed by atoms with Crippen molar-refractivity contribution in [2.75, 3.05) is 21.3 Å². The van der Waals surface area contributed by atoms with Crippen molar-refractivity contribution in [1.82, 2.24) is 4.90 Å². The van der Waals surface area contributed by atoms with Gasteiger partial charge in [0.25, 0.3) is 0 Å². The highest BCUT2D eigenvalue weighted by Crippen LogP contribution is 2.47. The van der Waals surface area contributed by atoms with Crippen molar-refractivity contribution in [3.63, 3.8) is 0 Å². The van der Waals surface area contributed by atoms with Crippen LogP contribution in [0.25, 0.3) is 0 Å². The molecule has 7 atom stereocenters. The zero-order valence-corrected chi connectivity index (χ0v) is 14.1. The molecule has 122 valence electrons. The molecule has 2 saturated heterocycles. The Kier molecular flexibility index (Phi) is 4.60. The van der Waals surface area contributed by atoms with Crippen LogP contribution in [0.1, 0.15) is 39.5 Å². The van der Waals surface area contributed by atoms with Crippen LogP contribution in [0.2, 0.25) is 0 Å². The van der Waals surface area contributed by atoms with E-state index in [9.17, 15) is 0 Å². The van der Waals surface area contributed by atoms with Crippen LogP contribution in [0.5, 0.6) is 0 Å². The minimum absolute atomic E-state index is 0.194. The lowest BCUT2D eigenvalue weighted by molar-refractivity contribution is -0.196. The third-order valence-electron chi connectivity index (χ3n) is 6.06. The smallest absolute Gasteiger partial charge is 0.116 e. The van der Waals surface area contributed by atoms with E-state index in [1.807, 2.05) is 14.2 Å². The minimum atomic E-state index is 0.194. The number of likely N-dealkylation sites (N-methyl/N-ethyl adjacent to an activating group) is 1. The number of nitrogens with zero attached hydrogens (tertiary/aromatic N) is 1. The molecule has 0 radical (unpaired) electrons. The highest BCUT2D eigenvalue weighted by molar-refractivity contribution is 5.04. The Morgan fingerprint density at radius 1 is 1.10 bits per heavy atom. The fourth-order valence-corrected chi connectivity index (χ4v) is 5.03. The minimum Gasteiger partial charge on any atom is -0.381 e. The number of hydrogen-bond acceptors (Lipinski definition) is 4. The fraction of sp³-hybridized carbons (Fsp3) is 1.00. The van der Waals surface area contributed by atoms with Crippen LogP contribution >= 0.6 is 0 Å². The standard InChI is InChI=1S/C17H31NO3/c1-10(2)14-9-12-16(20-5)11-7-6-8-13(19-4)15(11)18(3)17(12)21-14/h10-17H,6-9H2,1-5H3/t11?,12?,13?,14-,15?,16?,17?/m1/s1. The van der Waals surface area contributed by atoms with Crippen molar-refractivity contribution >= 4 is 0 Å². The molecule has 6 unspecified atom stereocenters. The molecule has 0 aromatic rings. The largest absolute Gasteiger partial charge is 0.381 e. The van der Waals surface area contributed by atoms with Crippen LogP contribution in [0.3, 0.4) is 0 Å². The molecule has 0 spiro atoms. The van der Waals surface area contributed by atoms with Gasteiger partial charge in [-0.1, -0.05) is 20.3 Å². The van der Waals surface area contributed by atoms with Crippen LogP contribution in [0.15, 0.2) is 0 Å². The molecule has 0 amide bonds. The van der Waals surface area contributed by atoms with Gasteiger partial charge in [-0.15, -0.1) is 0 Å². The highest BCUT2D eigenvalue weighted by Gasteiger charge is 2.55. The average Bonchev–Trinajstić information content (AvgIpc) is 2.92. The van der Waals surface area contributed by atoms with E-state index in [4.69, 9.17) is 14.2 Å². The molecule has 0 aromatic carbocycles. The maximum absolute atomic E-state index is 6.40. The molecule has 21 heavy (non-hydrogen) atoms. The molecule has 3 aliphatic rings. The second-order valence-corrected chi connectivity index (χ2v) is 7.43. The van der Waals surface area contributed by atoms with E-state index < -0.39 is 0 Å². The van der Waals surface area contributed by atoms with Gasteiger partial charge in [0.2, 0.25) is 0 Å². The normalized spacial score (nSPS) is 47.4. The average molecular weight is 297 g/mol. The molecule has 0 bridgehead atoms. The van der Waals surface area contributed by atoms with Gasteiger partial charge in [0.15, 0.2) is 0 Å². The van der Waals surface area contributed by atoms with Gasteiger partial charge in [0, 0.05) is 32.1 Å².